The molecule has 1 N–H and O–H groups in total. The summed E-state index contributed by atoms with van der Waals surface area (Å²) in [5, 5.41) is 3.10. The van der Waals surface area contributed by atoms with Crippen LogP contribution in [0, 0.1) is 5.82 Å². The Hall–Kier alpha value is -4.19. The number of aromatic nitrogens is 1. The molecule has 1 aliphatic heterocycles. The summed E-state index contributed by atoms with van der Waals surface area (Å²) < 4.78 is 21.3. The van der Waals surface area contributed by atoms with Crippen molar-refractivity contribution in [2.75, 3.05) is 0 Å². The average Bonchev–Trinajstić information content (AvgIpc) is 3.33. The highest BCUT2D eigenvalue weighted by Gasteiger charge is 2.25. The molecule has 0 bridgehead atoms. The van der Waals surface area contributed by atoms with Gasteiger partial charge in [0.2, 0.25) is 0 Å². The molecule has 0 fully saturated rings. The highest BCUT2D eigenvalue weighted by molar-refractivity contribution is 6.35. The average molecular weight is 426 g/mol. The number of fused-ring (bicyclic) bond motifs is 1. The molecule has 6 heteroatoms. The van der Waals surface area contributed by atoms with Crippen molar-refractivity contribution in [3.8, 4) is 5.75 Å². The second-order valence-electron chi connectivity index (χ2n) is 7.63. The molecule has 0 unspecified atom stereocenters. The van der Waals surface area contributed by atoms with E-state index in [2.05, 4.69) is 5.32 Å². The summed E-state index contributed by atoms with van der Waals surface area (Å²) in [6.45, 7) is 0.906. The molecule has 0 aliphatic carbocycles. The quantitative estimate of drug-likeness (QED) is 0.464. The van der Waals surface area contributed by atoms with E-state index in [9.17, 15) is 14.0 Å². The van der Waals surface area contributed by atoms with Gasteiger partial charge >= 0.3 is 0 Å². The zero-order chi connectivity index (χ0) is 22.1. The zero-order valence-corrected chi connectivity index (χ0v) is 17.0. The second-order valence-corrected chi connectivity index (χ2v) is 7.63. The fourth-order valence-electron chi connectivity index (χ4n) is 3.85. The largest absolute Gasteiger partial charge is 0.489 e. The predicted molar refractivity (Wildman–Crippen MR) is 119 cm³/mol. The number of ether oxygens (including phenoxy) is 1. The van der Waals surface area contributed by atoms with Gasteiger partial charge in [-0.1, -0.05) is 42.5 Å². The Balaban J connectivity index is 1.54. The molecule has 158 valence electrons. The van der Waals surface area contributed by atoms with Gasteiger partial charge in [-0.25, -0.2) is 4.39 Å². The Kier molecular flexibility index (Phi) is 5.03. The summed E-state index contributed by atoms with van der Waals surface area (Å²) in [7, 11) is 0. The molecule has 0 atom stereocenters. The van der Waals surface area contributed by atoms with Crippen molar-refractivity contribution < 1.29 is 18.7 Å². The molecule has 4 aromatic rings. The number of halogens is 1. The van der Waals surface area contributed by atoms with Crippen molar-refractivity contribution in [3.05, 3.63) is 108 Å². The van der Waals surface area contributed by atoms with Gasteiger partial charge in [0.15, 0.2) is 0 Å². The number of benzene rings is 3. The third kappa shape index (κ3) is 3.90. The van der Waals surface area contributed by atoms with Gasteiger partial charge in [0.1, 0.15) is 18.2 Å². The van der Waals surface area contributed by atoms with Crippen molar-refractivity contribution in [2.45, 2.75) is 13.2 Å². The summed E-state index contributed by atoms with van der Waals surface area (Å²) in [6.07, 6.45) is 3.16. The van der Waals surface area contributed by atoms with Crippen LogP contribution in [0.15, 0.2) is 85.1 Å². The molecule has 2 heterocycles. The number of hydrogen-bond acceptors (Lipinski definition) is 3. The van der Waals surface area contributed by atoms with Crippen molar-refractivity contribution in [1.29, 1.82) is 0 Å². The maximum atomic E-state index is 13.3. The van der Waals surface area contributed by atoms with E-state index < -0.39 is 11.8 Å². The van der Waals surface area contributed by atoms with Crippen LogP contribution < -0.4 is 10.1 Å². The van der Waals surface area contributed by atoms with E-state index in [1.807, 2.05) is 59.3 Å². The number of carbonyl (C=O) groups is 2. The van der Waals surface area contributed by atoms with Crippen LogP contribution in [0.25, 0.3) is 16.5 Å². The first kappa shape index (κ1) is 19.8. The highest BCUT2D eigenvalue weighted by atomic mass is 19.1. The molecule has 3 aromatic carbocycles. The maximum absolute atomic E-state index is 13.3. The first-order valence-electron chi connectivity index (χ1n) is 10.2. The molecule has 32 heavy (non-hydrogen) atoms. The number of carbonyl (C=O) groups excluding carboxylic acids is 2. The highest BCUT2D eigenvalue weighted by Crippen LogP contribution is 2.32. The summed E-state index contributed by atoms with van der Waals surface area (Å²) in [4.78, 5) is 24.1. The summed E-state index contributed by atoms with van der Waals surface area (Å²) in [6, 6.07) is 21.8. The normalized spacial score (nSPS) is 13.3. The van der Waals surface area contributed by atoms with Crippen molar-refractivity contribution >= 4 is 28.3 Å². The van der Waals surface area contributed by atoms with Crippen molar-refractivity contribution in [2.24, 2.45) is 0 Å². The van der Waals surface area contributed by atoms with E-state index in [1.165, 1.54) is 18.2 Å². The van der Waals surface area contributed by atoms with Crippen LogP contribution in [0.5, 0.6) is 5.75 Å². The van der Waals surface area contributed by atoms with Crippen LogP contribution in [0.3, 0.4) is 0 Å². The Labute approximate surface area is 183 Å². The molecule has 5 nitrogen and oxygen atoms in total. The molecule has 0 spiro atoms. The Morgan fingerprint density at radius 1 is 0.906 bits per heavy atom. The van der Waals surface area contributed by atoms with Crippen LogP contribution in [-0.2, 0) is 22.7 Å². The number of imide groups is 1. The molecular weight excluding hydrogens is 407 g/mol. The Bertz CT molecular complexity index is 1360. The lowest BCUT2D eigenvalue weighted by molar-refractivity contribution is -0.123. The maximum Gasteiger partial charge on any atom is 0.258 e. The lowest BCUT2D eigenvalue weighted by Crippen LogP contribution is -2.21. The summed E-state index contributed by atoms with van der Waals surface area (Å²) in [5.41, 5.74) is 3.81. The van der Waals surface area contributed by atoms with Crippen molar-refractivity contribution in [3.63, 3.8) is 0 Å². The van der Waals surface area contributed by atoms with Crippen LogP contribution in [0.4, 0.5) is 4.39 Å². The number of nitrogens with one attached hydrogen (secondary N) is 1. The lowest BCUT2D eigenvalue weighted by atomic mass is 10.1. The van der Waals surface area contributed by atoms with Gasteiger partial charge in [0.05, 0.1) is 5.57 Å². The molecule has 0 saturated carbocycles. The fourth-order valence-corrected chi connectivity index (χ4v) is 3.85. The van der Waals surface area contributed by atoms with Gasteiger partial charge in [-0.05, 0) is 41.5 Å². The molecule has 0 radical (unpaired) electrons. The number of amides is 2. The zero-order valence-electron chi connectivity index (χ0n) is 17.0. The molecule has 5 rings (SSSR count). The van der Waals surface area contributed by atoms with Gasteiger partial charge in [-0.15, -0.1) is 0 Å². The second kappa shape index (κ2) is 8.15. The Morgan fingerprint density at radius 2 is 1.69 bits per heavy atom. The minimum Gasteiger partial charge on any atom is -0.489 e. The van der Waals surface area contributed by atoms with E-state index >= 15 is 0 Å². The fraction of sp³-hybridized carbons (Fsp3) is 0.0769. The minimum absolute atomic E-state index is 0.293. The van der Waals surface area contributed by atoms with Gasteiger partial charge in [-0.2, -0.15) is 0 Å². The van der Waals surface area contributed by atoms with Crippen molar-refractivity contribution in [1.82, 2.24) is 9.88 Å². The van der Waals surface area contributed by atoms with Gasteiger partial charge in [0, 0.05) is 35.3 Å². The van der Waals surface area contributed by atoms with E-state index in [4.69, 9.17) is 4.74 Å². The molecular formula is C26H19FN2O3. The smallest absolute Gasteiger partial charge is 0.258 e. The molecule has 0 saturated heterocycles. The van der Waals surface area contributed by atoms with Crippen LogP contribution in [0.1, 0.15) is 16.7 Å². The first-order chi connectivity index (χ1) is 15.6. The van der Waals surface area contributed by atoms with Crippen LogP contribution in [-0.4, -0.2) is 16.4 Å². The van der Waals surface area contributed by atoms with E-state index in [0.29, 0.717) is 30.0 Å². The molecule has 2 amide bonds. The van der Waals surface area contributed by atoms with E-state index in [1.54, 1.807) is 12.1 Å². The third-order valence-electron chi connectivity index (χ3n) is 5.41. The first-order valence-corrected chi connectivity index (χ1v) is 10.2. The van der Waals surface area contributed by atoms with E-state index in [-0.39, 0.29) is 5.82 Å². The van der Waals surface area contributed by atoms with E-state index in [0.717, 1.165) is 22.0 Å². The topological polar surface area (TPSA) is 60.3 Å². The lowest BCUT2D eigenvalue weighted by Gasteiger charge is -2.09. The van der Waals surface area contributed by atoms with Gasteiger partial charge in [-0.3, -0.25) is 14.9 Å². The van der Waals surface area contributed by atoms with Gasteiger partial charge < -0.3 is 9.30 Å². The molecule has 1 aromatic heterocycles. The number of rotatable bonds is 6. The monoisotopic (exact) mass is 426 g/mol. The Morgan fingerprint density at radius 3 is 2.41 bits per heavy atom. The number of hydrogen-bond donors (Lipinski definition) is 1. The predicted octanol–water partition coefficient (Wildman–Crippen LogP) is 4.45. The minimum atomic E-state index is -0.430. The molecule has 1 aliphatic rings. The number of nitrogens with zero attached hydrogens (tertiary/aromatic N) is 1. The summed E-state index contributed by atoms with van der Waals surface area (Å²) in [5.74, 6) is -0.488. The van der Waals surface area contributed by atoms with Crippen LogP contribution in [0.2, 0.25) is 0 Å². The van der Waals surface area contributed by atoms with Gasteiger partial charge in [0.25, 0.3) is 11.8 Å². The third-order valence-corrected chi connectivity index (χ3v) is 5.41. The standard InChI is InChI=1S/C26H19FN2O3/c27-19-8-6-17(7-9-19)14-29-15-23(22-13-25(30)28-26(22)31)21-12-20(10-11-24(21)29)32-16-18-4-2-1-3-5-18/h1-13,15H,14,16H2,(H,28,30,31). The SMILES string of the molecule is O=C1C=C(c2cn(Cc3ccc(F)cc3)c3ccc(OCc4ccccc4)cc23)C(=O)N1. The van der Waals surface area contributed by atoms with Crippen LogP contribution >= 0.6 is 0 Å². The summed E-state index contributed by atoms with van der Waals surface area (Å²) >= 11 is 0.